The molecule has 136 valence electrons. The Kier molecular flexibility index (Phi) is 4.53. The van der Waals surface area contributed by atoms with Gasteiger partial charge in [-0.15, -0.1) is 0 Å². The van der Waals surface area contributed by atoms with E-state index < -0.39 is 0 Å². The lowest BCUT2D eigenvalue weighted by Gasteiger charge is -2.34. The van der Waals surface area contributed by atoms with E-state index in [4.69, 9.17) is 0 Å². The molecule has 1 atom stereocenters. The molecule has 0 saturated carbocycles. The van der Waals surface area contributed by atoms with E-state index in [-0.39, 0.29) is 5.91 Å². The van der Waals surface area contributed by atoms with Crippen LogP contribution in [0.15, 0.2) is 36.7 Å². The van der Waals surface area contributed by atoms with Crippen LogP contribution in [0.4, 0.5) is 0 Å². The summed E-state index contributed by atoms with van der Waals surface area (Å²) >= 11 is 0. The van der Waals surface area contributed by atoms with Gasteiger partial charge in [-0.2, -0.15) is 0 Å². The molecule has 3 aromatic rings. The Balaban J connectivity index is 1.41. The van der Waals surface area contributed by atoms with Gasteiger partial charge in [-0.3, -0.25) is 4.79 Å². The number of aryl methyl sites for hydroxylation is 3. The SMILES string of the molecule is Cc1cnc(C)n1C1CCCN(C(=O)CCc2c[nH]c3ccccc23)C1. The molecule has 1 N–H and O–H groups in total. The van der Waals surface area contributed by atoms with Gasteiger partial charge < -0.3 is 14.5 Å². The second-order valence-electron chi connectivity index (χ2n) is 7.31. The number of aromatic nitrogens is 3. The number of rotatable bonds is 4. The van der Waals surface area contributed by atoms with Crippen molar-refractivity contribution in [2.24, 2.45) is 0 Å². The van der Waals surface area contributed by atoms with Crippen LogP contribution in [0.25, 0.3) is 10.9 Å². The van der Waals surface area contributed by atoms with Crippen molar-refractivity contribution in [1.82, 2.24) is 19.4 Å². The number of hydrogen-bond acceptors (Lipinski definition) is 2. The third-order valence-electron chi connectivity index (χ3n) is 5.56. The Morgan fingerprint density at radius 1 is 1.31 bits per heavy atom. The summed E-state index contributed by atoms with van der Waals surface area (Å²) in [5.41, 5.74) is 3.54. The Morgan fingerprint density at radius 3 is 2.96 bits per heavy atom. The molecule has 5 nitrogen and oxygen atoms in total. The monoisotopic (exact) mass is 350 g/mol. The van der Waals surface area contributed by atoms with Crippen LogP contribution in [-0.4, -0.2) is 38.4 Å². The summed E-state index contributed by atoms with van der Waals surface area (Å²) in [6.45, 7) is 5.81. The first-order chi connectivity index (χ1) is 12.6. The minimum absolute atomic E-state index is 0.260. The quantitative estimate of drug-likeness (QED) is 0.778. The zero-order valence-electron chi connectivity index (χ0n) is 15.5. The molecule has 1 saturated heterocycles. The molecule has 5 heteroatoms. The smallest absolute Gasteiger partial charge is 0.222 e. The Labute approximate surface area is 154 Å². The zero-order valence-corrected chi connectivity index (χ0v) is 15.5. The molecule has 2 aromatic heterocycles. The third-order valence-corrected chi connectivity index (χ3v) is 5.56. The van der Waals surface area contributed by atoms with E-state index in [1.54, 1.807) is 0 Å². The summed E-state index contributed by atoms with van der Waals surface area (Å²) in [6.07, 6.45) is 7.48. The minimum Gasteiger partial charge on any atom is -0.361 e. The summed E-state index contributed by atoms with van der Waals surface area (Å²) < 4.78 is 2.29. The Morgan fingerprint density at radius 2 is 2.15 bits per heavy atom. The number of likely N-dealkylation sites (tertiary alicyclic amines) is 1. The zero-order chi connectivity index (χ0) is 18.1. The summed E-state index contributed by atoms with van der Waals surface area (Å²) in [5.74, 6) is 1.30. The number of carbonyl (C=O) groups excluding carboxylic acids is 1. The molecule has 0 bridgehead atoms. The van der Waals surface area contributed by atoms with Crippen LogP contribution in [0.1, 0.15) is 42.4 Å². The number of nitrogens with one attached hydrogen (secondary N) is 1. The maximum absolute atomic E-state index is 12.8. The summed E-state index contributed by atoms with van der Waals surface area (Å²) in [7, 11) is 0. The van der Waals surface area contributed by atoms with Gasteiger partial charge in [-0.25, -0.2) is 4.98 Å². The van der Waals surface area contributed by atoms with Crippen LogP contribution in [0, 0.1) is 13.8 Å². The largest absolute Gasteiger partial charge is 0.361 e. The van der Waals surface area contributed by atoms with Crippen molar-refractivity contribution < 1.29 is 4.79 Å². The predicted octanol–water partition coefficient (Wildman–Crippen LogP) is 3.78. The van der Waals surface area contributed by atoms with Crippen molar-refractivity contribution in [2.45, 2.75) is 45.6 Å². The fourth-order valence-electron chi connectivity index (χ4n) is 4.25. The van der Waals surface area contributed by atoms with E-state index in [1.807, 2.05) is 36.4 Å². The van der Waals surface area contributed by atoms with Crippen LogP contribution in [0.3, 0.4) is 0 Å². The second-order valence-corrected chi connectivity index (χ2v) is 7.31. The fourth-order valence-corrected chi connectivity index (χ4v) is 4.25. The van der Waals surface area contributed by atoms with Crippen molar-refractivity contribution in [1.29, 1.82) is 0 Å². The first-order valence-corrected chi connectivity index (χ1v) is 9.46. The van der Waals surface area contributed by atoms with Gasteiger partial charge in [0.25, 0.3) is 0 Å². The number of nitrogens with zero attached hydrogens (tertiary/aromatic N) is 3. The van der Waals surface area contributed by atoms with E-state index in [9.17, 15) is 4.79 Å². The topological polar surface area (TPSA) is 53.9 Å². The van der Waals surface area contributed by atoms with E-state index in [1.165, 1.54) is 16.6 Å². The lowest BCUT2D eigenvalue weighted by atomic mass is 10.0. The molecule has 0 spiro atoms. The molecular formula is C21H26N4O. The fraction of sp³-hybridized carbons (Fsp3) is 0.429. The van der Waals surface area contributed by atoms with Gasteiger partial charge in [0.1, 0.15) is 5.82 Å². The number of H-pyrrole nitrogens is 1. The lowest BCUT2D eigenvalue weighted by molar-refractivity contribution is -0.132. The van der Waals surface area contributed by atoms with Crippen molar-refractivity contribution in [3.63, 3.8) is 0 Å². The number of piperidine rings is 1. The molecule has 0 aliphatic carbocycles. The highest BCUT2D eigenvalue weighted by Gasteiger charge is 2.26. The molecule has 1 fully saturated rings. The molecule has 1 unspecified atom stereocenters. The highest BCUT2D eigenvalue weighted by Crippen LogP contribution is 2.25. The van der Waals surface area contributed by atoms with E-state index in [2.05, 4.69) is 33.6 Å². The van der Waals surface area contributed by atoms with Crippen molar-refractivity contribution in [2.75, 3.05) is 13.1 Å². The number of carbonyl (C=O) groups is 1. The van der Waals surface area contributed by atoms with E-state index in [0.29, 0.717) is 12.5 Å². The number of hydrogen-bond donors (Lipinski definition) is 1. The van der Waals surface area contributed by atoms with Gasteiger partial charge in [-0.05, 0) is 44.7 Å². The predicted molar refractivity (Wildman–Crippen MR) is 103 cm³/mol. The molecule has 1 amide bonds. The van der Waals surface area contributed by atoms with Gasteiger partial charge in [0.05, 0.1) is 6.04 Å². The van der Waals surface area contributed by atoms with Gasteiger partial charge in [-0.1, -0.05) is 18.2 Å². The van der Waals surface area contributed by atoms with Crippen molar-refractivity contribution in [3.05, 3.63) is 53.7 Å². The number of para-hydroxylation sites is 1. The van der Waals surface area contributed by atoms with Crippen LogP contribution < -0.4 is 0 Å². The summed E-state index contributed by atoms with van der Waals surface area (Å²) in [6, 6.07) is 8.62. The first kappa shape index (κ1) is 16.9. The number of imidazole rings is 1. The molecule has 1 aliphatic rings. The number of fused-ring (bicyclic) bond motifs is 1. The number of amides is 1. The van der Waals surface area contributed by atoms with Crippen LogP contribution in [0.5, 0.6) is 0 Å². The second kappa shape index (κ2) is 6.98. The van der Waals surface area contributed by atoms with E-state index >= 15 is 0 Å². The van der Waals surface area contributed by atoms with Gasteiger partial charge in [0.2, 0.25) is 5.91 Å². The lowest BCUT2D eigenvalue weighted by Crippen LogP contribution is -2.41. The van der Waals surface area contributed by atoms with Crippen LogP contribution in [-0.2, 0) is 11.2 Å². The molecule has 3 heterocycles. The standard InChI is InChI=1S/C21H26N4O/c1-15-12-22-16(2)25(15)18-6-5-11-24(14-18)21(26)10-9-17-13-23-20-8-4-3-7-19(17)20/h3-4,7-8,12-13,18,23H,5-6,9-11,14H2,1-2H3. The first-order valence-electron chi connectivity index (χ1n) is 9.46. The number of benzene rings is 1. The molecule has 26 heavy (non-hydrogen) atoms. The van der Waals surface area contributed by atoms with Crippen molar-refractivity contribution in [3.8, 4) is 0 Å². The van der Waals surface area contributed by atoms with Crippen molar-refractivity contribution >= 4 is 16.8 Å². The van der Waals surface area contributed by atoms with E-state index in [0.717, 1.165) is 43.7 Å². The minimum atomic E-state index is 0.260. The van der Waals surface area contributed by atoms with Gasteiger partial charge >= 0.3 is 0 Å². The summed E-state index contributed by atoms with van der Waals surface area (Å²) in [5, 5.41) is 1.22. The Bertz CT molecular complexity index is 904. The van der Waals surface area contributed by atoms with Crippen LogP contribution >= 0.6 is 0 Å². The highest BCUT2D eigenvalue weighted by atomic mass is 16.2. The molecule has 4 rings (SSSR count). The highest BCUT2D eigenvalue weighted by molar-refractivity contribution is 5.84. The van der Waals surface area contributed by atoms with Gasteiger partial charge in [0.15, 0.2) is 0 Å². The molecule has 0 radical (unpaired) electrons. The molecular weight excluding hydrogens is 324 g/mol. The number of aromatic amines is 1. The maximum Gasteiger partial charge on any atom is 0.222 e. The average molecular weight is 350 g/mol. The Hall–Kier alpha value is -2.56. The average Bonchev–Trinajstić information content (AvgIpc) is 3.23. The molecule has 1 aliphatic heterocycles. The van der Waals surface area contributed by atoms with Gasteiger partial charge in [0, 0.05) is 48.5 Å². The maximum atomic E-state index is 12.8. The summed E-state index contributed by atoms with van der Waals surface area (Å²) in [4.78, 5) is 22.6. The third kappa shape index (κ3) is 3.14. The molecule has 1 aromatic carbocycles. The van der Waals surface area contributed by atoms with Crippen LogP contribution in [0.2, 0.25) is 0 Å². The normalized spacial score (nSPS) is 17.8.